The van der Waals surface area contributed by atoms with Crippen molar-refractivity contribution >= 4 is 17.5 Å². The van der Waals surface area contributed by atoms with E-state index in [4.69, 9.17) is 4.42 Å². The molecule has 1 heterocycles. The van der Waals surface area contributed by atoms with Crippen molar-refractivity contribution in [1.82, 2.24) is 9.88 Å². The number of anilines is 1. The summed E-state index contributed by atoms with van der Waals surface area (Å²) in [6, 6.07) is 27.2. The summed E-state index contributed by atoms with van der Waals surface area (Å²) in [7, 11) is 0. The number of amides is 2. The van der Waals surface area contributed by atoms with E-state index in [1.807, 2.05) is 98.5 Å². The summed E-state index contributed by atoms with van der Waals surface area (Å²) >= 11 is 0. The Balaban J connectivity index is 0.000000575. The van der Waals surface area contributed by atoms with E-state index in [2.05, 4.69) is 43.2 Å². The second-order valence-corrected chi connectivity index (χ2v) is 11.4. The number of carbonyl (C=O) groups excluding carboxylic acids is 2. The molecule has 4 rings (SSSR count). The number of carbonyl (C=O) groups is 2. The van der Waals surface area contributed by atoms with Crippen LogP contribution in [-0.2, 0) is 4.79 Å². The van der Waals surface area contributed by atoms with Crippen molar-refractivity contribution in [3.63, 3.8) is 0 Å². The molecule has 0 spiro atoms. The first-order valence-corrected chi connectivity index (χ1v) is 14.4. The topological polar surface area (TPSA) is 75.4 Å². The first kappa shape index (κ1) is 31.3. The third kappa shape index (κ3) is 9.75. The quantitative estimate of drug-likeness (QED) is 0.225. The zero-order valence-electron chi connectivity index (χ0n) is 25.2. The van der Waals surface area contributed by atoms with Crippen LogP contribution in [0.3, 0.4) is 0 Å². The van der Waals surface area contributed by atoms with E-state index in [0.717, 1.165) is 24.0 Å². The number of benzene rings is 3. The third-order valence-corrected chi connectivity index (χ3v) is 6.19. The summed E-state index contributed by atoms with van der Waals surface area (Å²) in [5.41, 5.74) is 3.79. The van der Waals surface area contributed by atoms with Gasteiger partial charge in [0.05, 0.1) is 0 Å². The summed E-state index contributed by atoms with van der Waals surface area (Å²) < 4.78 is 6.16. The molecule has 3 aromatic carbocycles. The molecular weight excluding hydrogens is 510 g/mol. The van der Waals surface area contributed by atoms with Crippen molar-refractivity contribution in [3.8, 4) is 22.8 Å². The lowest BCUT2D eigenvalue weighted by molar-refractivity contribution is -0.117. The smallest absolute Gasteiger partial charge is 0.276 e. The standard InChI is InChI=1S/C28H35N3O3.C7H8/c1-6-17-31(18-7-2)27(33)24-25(34-26(30-24)21-11-9-8-10-12-21)20-13-15-22(16-14-20)29-23(32)19-28(3,4)5;1-7-5-3-2-4-6-7/h8-16H,6-7,17-19H2,1-5H3,(H,29,32);2-6H,1H3. The van der Waals surface area contributed by atoms with Gasteiger partial charge in [-0.25, -0.2) is 4.98 Å². The zero-order valence-corrected chi connectivity index (χ0v) is 25.2. The van der Waals surface area contributed by atoms with Gasteiger partial charge in [-0.2, -0.15) is 0 Å². The second-order valence-electron chi connectivity index (χ2n) is 11.4. The highest BCUT2D eigenvalue weighted by atomic mass is 16.4. The van der Waals surface area contributed by atoms with Gasteiger partial charge in [-0.1, -0.05) is 88.7 Å². The Bertz CT molecular complexity index is 1370. The molecule has 4 aromatic rings. The van der Waals surface area contributed by atoms with Gasteiger partial charge < -0.3 is 14.6 Å². The average molecular weight is 554 g/mol. The van der Waals surface area contributed by atoms with Gasteiger partial charge in [0.1, 0.15) is 0 Å². The van der Waals surface area contributed by atoms with Crippen molar-refractivity contribution in [2.45, 2.75) is 60.8 Å². The van der Waals surface area contributed by atoms with Gasteiger partial charge >= 0.3 is 0 Å². The van der Waals surface area contributed by atoms with Crippen LogP contribution >= 0.6 is 0 Å². The van der Waals surface area contributed by atoms with Crippen LogP contribution in [0.25, 0.3) is 22.8 Å². The summed E-state index contributed by atoms with van der Waals surface area (Å²) in [6.07, 6.45) is 2.17. The third-order valence-electron chi connectivity index (χ3n) is 6.19. The Labute approximate surface area is 244 Å². The number of aryl methyl sites for hydroxylation is 1. The van der Waals surface area contributed by atoms with Crippen LogP contribution in [0, 0.1) is 12.3 Å². The first-order chi connectivity index (χ1) is 19.6. The molecule has 0 fully saturated rings. The molecule has 0 atom stereocenters. The normalized spacial score (nSPS) is 10.9. The molecule has 0 saturated heterocycles. The highest BCUT2D eigenvalue weighted by Crippen LogP contribution is 2.32. The molecule has 0 aliphatic heterocycles. The molecule has 0 radical (unpaired) electrons. The van der Waals surface area contributed by atoms with Gasteiger partial charge in [-0.3, -0.25) is 9.59 Å². The number of rotatable bonds is 9. The van der Waals surface area contributed by atoms with Crippen molar-refractivity contribution in [1.29, 1.82) is 0 Å². The Kier molecular flexibility index (Phi) is 11.5. The molecular formula is C35H43N3O3. The Morgan fingerprint density at radius 1 is 0.805 bits per heavy atom. The van der Waals surface area contributed by atoms with E-state index in [9.17, 15) is 9.59 Å². The fourth-order valence-corrected chi connectivity index (χ4v) is 4.30. The zero-order chi connectivity index (χ0) is 29.8. The Hall–Kier alpha value is -4.19. The molecule has 6 heteroatoms. The molecule has 0 aliphatic carbocycles. The van der Waals surface area contributed by atoms with E-state index in [1.54, 1.807) is 0 Å². The van der Waals surface area contributed by atoms with Gasteiger partial charge in [0, 0.05) is 36.3 Å². The number of aromatic nitrogens is 1. The molecule has 1 aromatic heterocycles. The van der Waals surface area contributed by atoms with Crippen LogP contribution in [0.4, 0.5) is 5.69 Å². The molecule has 0 aliphatic rings. The van der Waals surface area contributed by atoms with Gasteiger partial charge in [0.15, 0.2) is 11.5 Å². The van der Waals surface area contributed by atoms with E-state index >= 15 is 0 Å². The van der Waals surface area contributed by atoms with Crippen molar-refractivity contribution < 1.29 is 14.0 Å². The van der Waals surface area contributed by atoms with E-state index in [-0.39, 0.29) is 17.2 Å². The average Bonchev–Trinajstić information content (AvgIpc) is 3.39. The molecule has 2 amide bonds. The maximum absolute atomic E-state index is 13.5. The lowest BCUT2D eigenvalue weighted by Crippen LogP contribution is -2.33. The summed E-state index contributed by atoms with van der Waals surface area (Å²) in [6.45, 7) is 13.6. The van der Waals surface area contributed by atoms with Crippen LogP contribution in [-0.4, -0.2) is 34.8 Å². The second kappa shape index (κ2) is 15.0. The highest BCUT2D eigenvalue weighted by Gasteiger charge is 2.26. The number of hydrogen-bond acceptors (Lipinski definition) is 4. The van der Waals surface area contributed by atoms with Gasteiger partial charge in [-0.15, -0.1) is 0 Å². The Morgan fingerprint density at radius 2 is 1.37 bits per heavy atom. The number of nitrogens with zero attached hydrogens (tertiary/aromatic N) is 2. The van der Waals surface area contributed by atoms with E-state index < -0.39 is 0 Å². The fourth-order valence-electron chi connectivity index (χ4n) is 4.30. The molecule has 6 nitrogen and oxygen atoms in total. The minimum Gasteiger partial charge on any atom is -0.435 e. The molecule has 0 unspecified atom stereocenters. The minimum absolute atomic E-state index is 0.0306. The molecule has 1 N–H and O–H groups in total. The lowest BCUT2D eigenvalue weighted by atomic mass is 9.92. The number of hydrogen-bond donors (Lipinski definition) is 1. The highest BCUT2D eigenvalue weighted by molar-refractivity contribution is 5.98. The van der Waals surface area contributed by atoms with Gasteiger partial charge in [0.25, 0.3) is 5.91 Å². The van der Waals surface area contributed by atoms with Crippen LogP contribution < -0.4 is 5.32 Å². The summed E-state index contributed by atoms with van der Waals surface area (Å²) in [4.78, 5) is 32.2. The predicted molar refractivity (Wildman–Crippen MR) is 168 cm³/mol. The van der Waals surface area contributed by atoms with E-state index in [1.165, 1.54) is 5.56 Å². The summed E-state index contributed by atoms with van der Waals surface area (Å²) in [5.74, 6) is 0.687. The molecule has 41 heavy (non-hydrogen) atoms. The number of nitrogens with one attached hydrogen (secondary N) is 1. The lowest BCUT2D eigenvalue weighted by Gasteiger charge is -2.20. The maximum Gasteiger partial charge on any atom is 0.276 e. The van der Waals surface area contributed by atoms with Crippen molar-refractivity contribution in [2.75, 3.05) is 18.4 Å². The van der Waals surface area contributed by atoms with Crippen LogP contribution in [0.15, 0.2) is 89.3 Å². The van der Waals surface area contributed by atoms with Gasteiger partial charge in [-0.05, 0) is 61.6 Å². The van der Waals surface area contributed by atoms with Gasteiger partial charge in [0.2, 0.25) is 11.8 Å². The van der Waals surface area contributed by atoms with Crippen LogP contribution in [0.1, 0.15) is 69.9 Å². The first-order valence-electron chi connectivity index (χ1n) is 14.4. The fraction of sp³-hybridized carbons (Fsp3) is 0.343. The van der Waals surface area contributed by atoms with Crippen molar-refractivity contribution in [2.24, 2.45) is 5.41 Å². The molecule has 0 saturated carbocycles. The SMILES string of the molecule is CCCN(CCC)C(=O)c1nc(-c2ccccc2)oc1-c1ccc(NC(=O)CC(C)(C)C)cc1.Cc1ccccc1. The monoisotopic (exact) mass is 553 g/mol. The Morgan fingerprint density at radius 3 is 1.85 bits per heavy atom. The predicted octanol–water partition coefficient (Wildman–Crippen LogP) is 8.64. The van der Waals surface area contributed by atoms with Crippen molar-refractivity contribution in [3.05, 3.63) is 96.2 Å². The maximum atomic E-state index is 13.5. The van der Waals surface area contributed by atoms with Crippen LogP contribution in [0.5, 0.6) is 0 Å². The number of oxazole rings is 1. The molecule has 0 bridgehead atoms. The molecule has 216 valence electrons. The van der Waals surface area contributed by atoms with E-state index in [0.29, 0.717) is 42.5 Å². The van der Waals surface area contributed by atoms with Crippen LogP contribution in [0.2, 0.25) is 0 Å². The summed E-state index contributed by atoms with van der Waals surface area (Å²) in [5, 5.41) is 2.94. The minimum atomic E-state index is -0.132. The largest absolute Gasteiger partial charge is 0.435 e.